The Bertz CT molecular complexity index is 590. The first kappa shape index (κ1) is 13.0. The fourth-order valence-corrected chi connectivity index (χ4v) is 1.95. The highest BCUT2D eigenvalue weighted by atomic mass is 16.1. The van der Waals surface area contributed by atoms with Gasteiger partial charge in [-0.2, -0.15) is 0 Å². The number of pyridine rings is 1. The van der Waals surface area contributed by atoms with Crippen molar-refractivity contribution in [3.63, 3.8) is 0 Å². The zero-order chi connectivity index (χ0) is 13.8. The highest BCUT2D eigenvalue weighted by Gasteiger charge is 2.11. The molecule has 0 saturated heterocycles. The second-order valence-electron chi connectivity index (χ2n) is 4.40. The number of hydrazine groups is 1. The quantitative estimate of drug-likeness (QED) is 0.581. The van der Waals surface area contributed by atoms with Crippen LogP contribution in [0.25, 0.3) is 0 Å². The third kappa shape index (κ3) is 3.08. The molecule has 5 heteroatoms. The molecule has 0 radical (unpaired) electrons. The SMILES string of the molecule is Cc1cc(C)cc(NC(=O)c2cnccc2NN)c1. The molecule has 0 aliphatic heterocycles. The van der Waals surface area contributed by atoms with Gasteiger partial charge in [-0.05, 0) is 43.2 Å². The van der Waals surface area contributed by atoms with Gasteiger partial charge >= 0.3 is 0 Å². The number of nitrogens with one attached hydrogen (secondary N) is 2. The number of aryl methyl sites for hydroxylation is 2. The summed E-state index contributed by atoms with van der Waals surface area (Å²) in [6.07, 6.45) is 3.05. The minimum Gasteiger partial charge on any atom is -0.323 e. The summed E-state index contributed by atoms with van der Waals surface area (Å²) in [5.74, 6) is 5.13. The lowest BCUT2D eigenvalue weighted by molar-refractivity contribution is 0.102. The maximum absolute atomic E-state index is 12.2. The zero-order valence-electron chi connectivity index (χ0n) is 10.9. The van der Waals surface area contributed by atoms with E-state index in [2.05, 4.69) is 15.7 Å². The van der Waals surface area contributed by atoms with Crippen LogP contribution in [0, 0.1) is 13.8 Å². The number of anilines is 2. The van der Waals surface area contributed by atoms with Gasteiger partial charge in [-0.15, -0.1) is 0 Å². The number of aromatic nitrogens is 1. The molecule has 0 unspecified atom stereocenters. The summed E-state index contributed by atoms with van der Waals surface area (Å²) in [5, 5.41) is 2.84. The maximum atomic E-state index is 12.2. The Morgan fingerprint density at radius 3 is 2.53 bits per heavy atom. The third-order valence-corrected chi connectivity index (χ3v) is 2.70. The molecule has 0 atom stereocenters. The van der Waals surface area contributed by atoms with E-state index in [9.17, 15) is 4.79 Å². The highest BCUT2D eigenvalue weighted by Crippen LogP contribution is 2.17. The molecule has 4 N–H and O–H groups in total. The second kappa shape index (κ2) is 5.49. The van der Waals surface area contributed by atoms with Crippen LogP contribution in [0.3, 0.4) is 0 Å². The second-order valence-corrected chi connectivity index (χ2v) is 4.40. The molecule has 0 bridgehead atoms. The molecule has 98 valence electrons. The van der Waals surface area contributed by atoms with Crippen molar-refractivity contribution < 1.29 is 4.79 Å². The number of hydrogen-bond donors (Lipinski definition) is 3. The van der Waals surface area contributed by atoms with Crippen molar-refractivity contribution in [2.75, 3.05) is 10.7 Å². The zero-order valence-corrected chi connectivity index (χ0v) is 10.9. The molecule has 2 rings (SSSR count). The number of carbonyl (C=O) groups excluding carboxylic acids is 1. The van der Waals surface area contributed by atoms with Crippen molar-refractivity contribution in [1.29, 1.82) is 0 Å². The van der Waals surface area contributed by atoms with Crippen LogP contribution in [0.4, 0.5) is 11.4 Å². The van der Waals surface area contributed by atoms with Gasteiger partial charge in [-0.1, -0.05) is 6.07 Å². The Morgan fingerprint density at radius 2 is 1.89 bits per heavy atom. The number of nitrogens with zero attached hydrogens (tertiary/aromatic N) is 1. The number of rotatable bonds is 3. The molecule has 5 nitrogen and oxygen atoms in total. The van der Waals surface area contributed by atoms with Crippen LogP contribution in [-0.4, -0.2) is 10.9 Å². The lowest BCUT2D eigenvalue weighted by Gasteiger charge is -2.10. The third-order valence-electron chi connectivity index (χ3n) is 2.70. The average Bonchev–Trinajstić information content (AvgIpc) is 2.37. The Balaban J connectivity index is 2.25. The van der Waals surface area contributed by atoms with Gasteiger partial charge in [-0.25, -0.2) is 0 Å². The van der Waals surface area contributed by atoms with E-state index in [0.717, 1.165) is 16.8 Å². The smallest absolute Gasteiger partial charge is 0.259 e. The molecule has 1 aromatic carbocycles. The van der Waals surface area contributed by atoms with E-state index in [0.29, 0.717) is 11.3 Å². The van der Waals surface area contributed by atoms with Crippen LogP contribution in [0.15, 0.2) is 36.7 Å². The standard InChI is InChI=1S/C14H16N4O/c1-9-5-10(2)7-11(6-9)17-14(19)12-8-16-4-3-13(12)18-15/h3-8H,15H2,1-2H3,(H,16,18)(H,17,19). The van der Waals surface area contributed by atoms with Crippen LogP contribution in [0.1, 0.15) is 21.5 Å². The summed E-state index contributed by atoms with van der Waals surface area (Å²) in [5.41, 5.74) is 6.38. The summed E-state index contributed by atoms with van der Waals surface area (Å²) < 4.78 is 0. The van der Waals surface area contributed by atoms with Gasteiger partial charge in [0, 0.05) is 18.1 Å². The van der Waals surface area contributed by atoms with Crippen LogP contribution in [-0.2, 0) is 0 Å². The molecule has 1 amide bonds. The molecule has 0 fully saturated rings. The monoisotopic (exact) mass is 256 g/mol. The van der Waals surface area contributed by atoms with Crippen LogP contribution >= 0.6 is 0 Å². The Kier molecular flexibility index (Phi) is 3.77. The Morgan fingerprint density at radius 1 is 1.21 bits per heavy atom. The summed E-state index contributed by atoms with van der Waals surface area (Å²) >= 11 is 0. The molecular formula is C14H16N4O. The van der Waals surface area contributed by atoms with Gasteiger partial charge in [0.15, 0.2) is 0 Å². The molecule has 0 aliphatic rings. The van der Waals surface area contributed by atoms with E-state index >= 15 is 0 Å². The number of nitrogen functional groups attached to an aromatic ring is 1. The summed E-state index contributed by atoms with van der Waals surface area (Å²) in [6.45, 7) is 3.97. The summed E-state index contributed by atoms with van der Waals surface area (Å²) in [6, 6.07) is 7.52. The Hall–Kier alpha value is -2.40. The molecule has 1 heterocycles. The number of benzene rings is 1. The number of nitrogens with two attached hydrogens (primary N) is 1. The first-order valence-electron chi connectivity index (χ1n) is 5.90. The van der Waals surface area contributed by atoms with E-state index in [-0.39, 0.29) is 5.91 Å². The predicted octanol–water partition coefficient (Wildman–Crippen LogP) is 2.24. The van der Waals surface area contributed by atoms with Gasteiger partial charge in [0.05, 0.1) is 11.3 Å². The first-order chi connectivity index (χ1) is 9.10. The predicted molar refractivity (Wildman–Crippen MR) is 75.9 cm³/mol. The van der Waals surface area contributed by atoms with Crippen molar-refractivity contribution in [2.45, 2.75) is 13.8 Å². The van der Waals surface area contributed by atoms with Gasteiger partial charge in [-0.3, -0.25) is 15.6 Å². The molecule has 0 saturated carbocycles. The van der Waals surface area contributed by atoms with Crippen molar-refractivity contribution in [3.8, 4) is 0 Å². The highest BCUT2D eigenvalue weighted by molar-refractivity contribution is 6.07. The van der Waals surface area contributed by atoms with Gasteiger partial charge in [0.2, 0.25) is 0 Å². The molecule has 0 aliphatic carbocycles. The van der Waals surface area contributed by atoms with E-state index in [4.69, 9.17) is 5.84 Å². The van der Waals surface area contributed by atoms with E-state index in [1.807, 2.05) is 32.0 Å². The molecule has 1 aromatic heterocycles. The van der Waals surface area contributed by atoms with E-state index in [1.165, 1.54) is 6.20 Å². The fraction of sp³-hybridized carbons (Fsp3) is 0.143. The topological polar surface area (TPSA) is 80.0 Å². The van der Waals surface area contributed by atoms with Gasteiger partial charge in [0.1, 0.15) is 0 Å². The van der Waals surface area contributed by atoms with E-state index in [1.54, 1.807) is 12.3 Å². The van der Waals surface area contributed by atoms with Gasteiger partial charge in [0.25, 0.3) is 5.91 Å². The average molecular weight is 256 g/mol. The fourth-order valence-electron chi connectivity index (χ4n) is 1.95. The first-order valence-corrected chi connectivity index (χ1v) is 5.90. The molecule has 19 heavy (non-hydrogen) atoms. The molecule has 2 aromatic rings. The maximum Gasteiger partial charge on any atom is 0.259 e. The van der Waals surface area contributed by atoms with Crippen LogP contribution < -0.4 is 16.6 Å². The number of hydrogen-bond acceptors (Lipinski definition) is 4. The molecular weight excluding hydrogens is 240 g/mol. The lowest BCUT2D eigenvalue weighted by atomic mass is 10.1. The van der Waals surface area contributed by atoms with Gasteiger partial charge < -0.3 is 10.7 Å². The van der Waals surface area contributed by atoms with Crippen molar-refractivity contribution >= 4 is 17.3 Å². The van der Waals surface area contributed by atoms with Crippen LogP contribution in [0.5, 0.6) is 0 Å². The molecule has 0 spiro atoms. The summed E-state index contributed by atoms with van der Waals surface area (Å²) in [4.78, 5) is 16.1. The van der Waals surface area contributed by atoms with E-state index < -0.39 is 0 Å². The summed E-state index contributed by atoms with van der Waals surface area (Å²) in [7, 11) is 0. The minimum atomic E-state index is -0.244. The Labute approximate surface area is 111 Å². The number of carbonyl (C=O) groups is 1. The largest absolute Gasteiger partial charge is 0.323 e. The van der Waals surface area contributed by atoms with Crippen molar-refractivity contribution in [1.82, 2.24) is 4.98 Å². The number of amides is 1. The van der Waals surface area contributed by atoms with Crippen LogP contribution in [0.2, 0.25) is 0 Å². The normalized spacial score (nSPS) is 10.1. The lowest BCUT2D eigenvalue weighted by Crippen LogP contribution is -2.17. The van der Waals surface area contributed by atoms with Crippen molar-refractivity contribution in [3.05, 3.63) is 53.3 Å². The van der Waals surface area contributed by atoms with Crippen molar-refractivity contribution in [2.24, 2.45) is 5.84 Å². The minimum absolute atomic E-state index is 0.244.